The molecular formula is C21H32O4. The normalized spacial score (nSPS) is 11.9. The summed E-state index contributed by atoms with van der Waals surface area (Å²) in [5.74, 6) is -0.815. The minimum atomic E-state index is -1.11. The van der Waals surface area contributed by atoms with E-state index in [1.165, 1.54) is 50.7 Å². The molecule has 0 aliphatic heterocycles. The van der Waals surface area contributed by atoms with Crippen molar-refractivity contribution in [3.8, 4) is 0 Å². The van der Waals surface area contributed by atoms with Gasteiger partial charge in [0.25, 0.3) is 0 Å². The molecule has 4 nitrogen and oxygen atoms in total. The first-order valence-corrected chi connectivity index (χ1v) is 9.55. The molecule has 0 heterocycles. The highest BCUT2D eigenvalue weighted by atomic mass is 16.5. The molecule has 0 saturated carbocycles. The van der Waals surface area contributed by atoms with E-state index in [4.69, 9.17) is 9.84 Å². The number of aromatic carboxylic acids is 1. The number of carbonyl (C=O) groups excluding carboxylic acids is 1. The second-order valence-electron chi connectivity index (χ2n) is 6.76. The Kier molecular flexibility index (Phi) is 10.6. The van der Waals surface area contributed by atoms with Crippen molar-refractivity contribution in [2.45, 2.75) is 71.6 Å². The van der Waals surface area contributed by atoms with Crippen LogP contribution in [0.3, 0.4) is 0 Å². The van der Waals surface area contributed by atoms with Gasteiger partial charge >= 0.3 is 11.9 Å². The molecule has 1 rings (SSSR count). The molecule has 25 heavy (non-hydrogen) atoms. The number of ether oxygens (including phenoxy) is 1. The molecular weight excluding hydrogens is 316 g/mol. The highest BCUT2D eigenvalue weighted by Crippen LogP contribution is 2.15. The Morgan fingerprint density at radius 2 is 1.52 bits per heavy atom. The van der Waals surface area contributed by atoms with Crippen molar-refractivity contribution in [2.24, 2.45) is 5.92 Å². The van der Waals surface area contributed by atoms with Crippen LogP contribution >= 0.6 is 0 Å². The third-order valence-electron chi connectivity index (χ3n) is 4.65. The summed E-state index contributed by atoms with van der Waals surface area (Å²) in [7, 11) is 0. The lowest BCUT2D eigenvalue weighted by Gasteiger charge is -2.08. The maximum Gasteiger partial charge on any atom is 0.339 e. The van der Waals surface area contributed by atoms with Crippen molar-refractivity contribution in [2.75, 3.05) is 6.61 Å². The van der Waals surface area contributed by atoms with Crippen LogP contribution < -0.4 is 0 Å². The summed E-state index contributed by atoms with van der Waals surface area (Å²) < 4.78 is 5.20. The molecule has 0 aliphatic carbocycles. The van der Waals surface area contributed by atoms with E-state index in [0.29, 0.717) is 6.61 Å². The zero-order valence-corrected chi connectivity index (χ0v) is 15.6. The van der Waals surface area contributed by atoms with Crippen LogP contribution in [0, 0.1) is 5.92 Å². The van der Waals surface area contributed by atoms with Crippen LogP contribution in [0.2, 0.25) is 0 Å². The van der Waals surface area contributed by atoms with E-state index in [9.17, 15) is 9.59 Å². The molecule has 1 atom stereocenters. The fourth-order valence-electron chi connectivity index (χ4n) is 2.77. The van der Waals surface area contributed by atoms with Crippen LogP contribution in [0.15, 0.2) is 24.3 Å². The zero-order chi connectivity index (χ0) is 18.5. The lowest BCUT2D eigenvalue weighted by molar-refractivity contribution is 0.0487. The van der Waals surface area contributed by atoms with E-state index in [2.05, 4.69) is 13.8 Å². The third kappa shape index (κ3) is 8.71. The maximum atomic E-state index is 12.0. The number of unbranched alkanes of at least 4 members (excludes halogenated alkanes) is 6. The van der Waals surface area contributed by atoms with E-state index >= 15 is 0 Å². The molecule has 1 aromatic carbocycles. The monoisotopic (exact) mass is 348 g/mol. The minimum Gasteiger partial charge on any atom is -0.478 e. The van der Waals surface area contributed by atoms with Gasteiger partial charge in [-0.05, 0) is 24.5 Å². The molecule has 0 amide bonds. The number of esters is 1. The second kappa shape index (κ2) is 12.5. The number of benzene rings is 1. The van der Waals surface area contributed by atoms with Crippen LogP contribution in [0.25, 0.3) is 0 Å². The third-order valence-corrected chi connectivity index (χ3v) is 4.65. The molecule has 4 heteroatoms. The predicted octanol–water partition coefficient (Wildman–Crippen LogP) is 5.71. The Bertz CT molecular complexity index is 524. The van der Waals surface area contributed by atoms with Crippen LogP contribution in [0.1, 0.15) is 92.4 Å². The van der Waals surface area contributed by atoms with Crippen molar-refractivity contribution in [3.63, 3.8) is 0 Å². The van der Waals surface area contributed by atoms with Gasteiger partial charge in [-0.3, -0.25) is 0 Å². The highest BCUT2D eigenvalue weighted by Gasteiger charge is 2.16. The average Bonchev–Trinajstić information content (AvgIpc) is 2.62. The fourth-order valence-corrected chi connectivity index (χ4v) is 2.77. The van der Waals surface area contributed by atoms with Gasteiger partial charge in [-0.1, -0.05) is 77.3 Å². The van der Waals surface area contributed by atoms with Gasteiger partial charge in [0.1, 0.15) is 0 Å². The first-order chi connectivity index (χ1) is 12.1. The summed E-state index contributed by atoms with van der Waals surface area (Å²) in [5, 5.41) is 9.08. The number of carboxylic acid groups (broad SMARTS) is 1. The second-order valence-corrected chi connectivity index (χ2v) is 6.76. The molecule has 0 fully saturated rings. The Morgan fingerprint density at radius 3 is 2.12 bits per heavy atom. The molecule has 0 aliphatic rings. The van der Waals surface area contributed by atoms with Gasteiger partial charge in [-0.25, -0.2) is 9.59 Å². The number of rotatable bonds is 13. The van der Waals surface area contributed by atoms with Gasteiger partial charge < -0.3 is 9.84 Å². The summed E-state index contributed by atoms with van der Waals surface area (Å²) in [6.45, 7) is 4.91. The molecule has 1 unspecified atom stereocenters. The molecule has 140 valence electrons. The highest BCUT2D eigenvalue weighted by molar-refractivity contribution is 6.02. The van der Waals surface area contributed by atoms with Crippen LogP contribution in [0.5, 0.6) is 0 Å². The van der Waals surface area contributed by atoms with Gasteiger partial charge in [0.15, 0.2) is 0 Å². The van der Waals surface area contributed by atoms with Crippen molar-refractivity contribution in [1.29, 1.82) is 0 Å². The Hall–Kier alpha value is -1.84. The lowest BCUT2D eigenvalue weighted by atomic mass is 10.00. The van der Waals surface area contributed by atoms with E-state index in [1.54, 1.807) is 12.1 Å². The van der Waals surface area contributed by atoms with Crippen molar-refractivity contribution in [1.82, 2.24) is 0 Å². The Morgan fingerprint density at radius 1 is 0.960 bits per heavy atom. The number of hydrogen-bond donors (Lipinski definition) is 1. The summed E-state index contributed by atoms with van der Waals surface area (Å²) in [6, 6.07) is 6.15. The quantitative estimate of drug-likeness (QED) is 0.366. The van der Waals surface area contributed by atoms with Gasteiger partial charge in [0, 0.05) is 0 Å². The fraction of sp³-hybridized carbons (Fsp3) is 0.619. The van der Waals surface area contributed by atoms with Gasteiger partial charge in [0.2, 0.25) is 0 Å². The van der Waals surface area contributed by atoms with Crippen molar-refractivity contribution < 1.29 is 19.4 Å². The van der Waals surface area contributed by atoms with Crippen molar-refractivity contribution in [3.05, 3.63) is 35.4 Å². The van der Waals surface area contributed by atoms with E-state index < -0.39 is 11.9 Å². The van der Waals surface area contributed by atoms with Crippen molar-refractivity contribution >= 4 is 11.9 Å². The van der Waals surface area contributed by atoms with Crippen LogP contribution in [-0.4, -0.2) is 23.7 Å². The molecule has 0 spiro atoms. The SMILES string of the molecule is CCC(C)CCCCCCCCCOC(=O)c1ccccc1C(=O)O. The van der Waals surface area contributed by atoms with Gasteiger partial charge in [0.05, 0.1) is 17.7 Å². The summed E-state index contributed by atoms with van der Waals surface area (Å²) >= 11 is 0. The summed E-state index contributed by atoms with van der Waals surface area (Å²) in [4.78, 5) is 23.1. The number of hydrogen-bond acceptors (Lipinski definition) is 3. The number of carbonyl (C=O) groups is 2. The summed E-state index contributed by atoms with van der Waals surface area (Å²) in [6.07, 6.45) is 10.8. The van der Waals surface area contributed by atoms with Gasteiger partial charge in [-0.15, -0.1) is 0 Å². The molecule has 0 saturated heterocycles. The van der Waals surface area contributed by atoms with E-state index in [1.807, 2.05) is 0 Å². The smallest absolute Gasteiger partial charge is 0.339 e. The first kappa shape index (κ1) is 21.2. The van der Waals surface area contributed by atoms with E-state index in [-0.39, 0.29) is 11.1 Å². The minimum absolute atomic E-state index is 0.00936. The Labute approximate surface area is 151 Å². The number of carboxylic acids is 1. The van der Waals surface area contributed by atoms with E-state index in [0.717, 1.165) is 25.2 Å². The molecule has 1 N–H and O–H groups in total. The predicted molar refractivity (Wildman–Crippen MR) is 100 cm³/mol. The zero-order valence-electron chi connectivity index (χ0n) is 15.6. The topological polar surface area (TPSA) is 63.6 Å². The lowest BCUT2D eigenvalue weighted by Crippen LogP contribution is -2.12. The maximum absolute atomic E-state index is 12.0. The largest absolute Gasteiger partial charge is 0.478 e. The first-order valence-electron chi connectivity index (χ1n) is 9.55. The standard InChI is InChI=1S/C21H32O4/c1-3-17(2)13-9-7-5-4-6-8-12-16-25-21(24)19-15-11-10-14-18(19)20(22)23/h10-11,14-15,17H,3-9,12-13,16H2,1-2H3,(H,22,23). The molecule has 0 aromatic heterocycles. The molecule has 1 aromatic rings. The summed E-state index contributed by atoms with van der Waals surface area (Å²) in [5.41, 5.74) is 0.112. The molecule has 0 bridgehead atoms. The Balaban J connectivity index is 2.08. The van der Waals surface area contributed by atoms with Crippen LogP contribution in [0.4, 0.5) is 0 Å². The average molecular weight is 348 g/mol. The molecule has 0 radical (unpaired) electrons. The van der Waals surface area contributed by atoms with Crippen LogP contribution in [-0.2, 0) is 4.74 Å². The van der Waals surface area contributed by atoms with Gasteiger partial charge in [-0.2, -0.15) is 0 Å².